The first-order valence-corrected chi connectivity index (χ1v) is 9.86. The van der Waals surface area contributed by atoms with Gasteiger partial charge >= 0.3 is 5.97 Å². The van der Waals surface area contributed by atoms with Crippen molar-refractivity contribution in [3.05, 3.63) is 53.6 Å². The van der Waals surface area contributed by atoms with Crippen molar-refractivity contribution in [3.8, 4) is 28.6 Å². The number of aromatic hydroxyl groups is 1. The summed E-state index contributed by atoms with van der Waals surface area (Å²) in [5.74, 6) is 0.767. The molecular weight excluding hydrogens is 368 g/mol. The van der Waals surface area contributed by atoms with Gasteiger partial charge in [-0.3, -0.25) is 0 Å². The molecule has 0 aliphatic heterocycles. The molecule has 4 rings (SSSR count). The van der Waals surface area contributed by atoms with Crippen LogP contribution < -0.4 is 0 Å². The zero-order valence-electron chi connectivity index (χ0n) is 16.6. The molecule has 0 unspecified atom stereocenters. The van der Waals surface area contributed by atoms with Gasteiger partial charge in [-0.15, -0.1) is 0 Å². The van der Waals surface area contributed by atoms with Gasteiger partial charge in [0.1, 0.15) is 5.75 Å². The van der Waals surface area contributed by atoms with Gasteiger partial charge in [0.2, 0.25) is 5.82 Å². The van der Waals surface area contributed by atoms with E-state index >= 15 is 0 Å². The van der Waals surface area contributed by atoms with Crippen molar-refractivity contribution in [3.63, 3.8) is 0 Å². The van der Waals surface area contributed by atoms with Crippen molar-refractivity contribution in [2.75, 3.05) is 7.11 Å². The van der Waals surface area contributed by atoms with Gasteiger partial charge < -0.3 is 14.4 Å². The molecule has 1 fully saturated rings. The Morgan fingerprint density at radius 2 is 1.76 bits per heavy atom. The summed E-state index contributed by atoms with van der Waals surface area (Å²) in [5.41, 5.74) is 2.90. The maximum absolute atomic E-state index is 11.6. The van der Waals surface area contributed by atoms with E-state index < -0.39 is 5.97 Å². The van der Waals surface area contributed by atoms with Crippen LogP contribution in [0.1, 0.15) is 54.9 Å². The molecule has 0 atom stereocenters. The van der Waals surface area contributed by atoms with Crippen molar-refractivity contribution in [2.45, 2.75) is 44.4 Å². The van der Waals surface area contributed by atoms with Crippen molar-refractivity contribution in [1.82, 2.24) is 10.1 Å². The average Bonchev–Trinajstić information content (AvgIpc) is 3.24. The number of rotatable bonds is 4. The fourth-order valence-corrected chi connectivity index (χ4v) is 4.08. The highest BCUT2D eigenvalue weighted by Crippen LogP contribution is 2.43. The summed E-state index contributed by atoms with van der Waals surface area (Å²) in [4.78, 5) is 16.1. The van der Waals surface area contributed by atoms with Crippen molar-refractivity contribution in [2.24, 2.45) is 0 Å². The number of ether oxygens (including phenoxy) is 1. The summed E-state index contributed by atoms with van der Waals surface area (Å²) in [6, 6.07) is 12.3. The maximum Gasteiger partial charge on any atom is 0.337 e. The van der Waals surface area contributed by atoms with Gasteiger partial charge in [0.05, 0.1) is 12.7 Å². The monoisotopic (exact) mass is 392 g/mol. The number of methoxy groups -OCH3 is 1. The van der Waals surface area contributed by atoms with Gasteiger partial charge in [0.15, 0.2) is 0 Å². The Labute approximate surface area is 169 Å². The third-order valence-electron chi connectivity index (χ3n) is 5.84. The number of nitrogens with zero attached hydrogens (tertiary/aromatic N) is 2. The van der Waals surface area contributed by atoms with Crippen LogP contribution in [0.15, 0.2) is 47.0 Å². The molecule has 3 aromatic rings. The second-order valence-electron chi connectivity index (χ2n) is 7.85. The van der Waals surface area contributed by atoms with E-state index in [2.05, 4.69) is 17.1 Å². The fraction of sp³-hybridized carbons (Fsp3) is 0.348. The molecule has 0 amide bonds. The Morgan fingerprint density at radius 3 is 2.45 bits per heavy atom. The van der Waals surface area contributed by atoms with E-state index in [-0.39, 0.29) is 5.41 Å². The highest BCUT2D eigenvalue weighted by molar-refractivity contribution is 5.89. The SMILES string of the molecule is COC(=O)c1ccc(-c2nc(-c3ccc(O)c(C4(C)CCCCC4)c3)no2)cc1. The molecule has 2 aromatic carbocycles. The molecule has 0 radical (unpaired) electrons. The predicted molar refractivity (Wildman–Crippen MR) is 109 cm³/mol. The van der Waals surface area contributed by atoms with Gasteiger partial charge in [-0.1, -0.05) is 31.3 Å². The first-order valence-electron chi connectivity index (χ1n) is 9.86. The lowest BCUT2D eigenvalue weighted by Crippen LogP contribution is -2.25. The number of hydrogen-bond acceptors (Lipinski definition) is 6. The van der Waals surface area contributed by atoms with Gasteiger partial charge in [-0.25, -0.2) is 4.79 Å². The minimum absolute atomic E-state index is 0.0331. The van der Waals surface area contributed by atoms with E-state index in [4.69, 9.17) is 9.26 Å². The summed E-state index contributed by atoms with van der Waals surface area (Å²) in [6.07, 6.45) is 5.73. The number of phenols is 1. The molecule has 29 heavy (non-hydrogen) atoms. The van der Waals surface area contributed by atoms with E-state index in [0.29, 0.717) is 23.0 Å². The number of carbonyl (C=O) groups is 1. The number of benzene rings is 2. The zero-order valence-corrected chi connectivity index (χ0v) is 16.6. The molecule has 0 bridgehead atoms. The van der Waals surface area contributed by atoms with Crippen LogP contribution in [0, 0.1) is 0 Å². The summed E-state index contributed by atoms with van der Waals surface area (Å²) in [7, 11) is 1.35. The van der Waals surface area contributed by atoms with Gasteiger partial charge in [-0.2, -0.15) is 4.98 Å². The highest BCUT2D eigenvalue weighted by Gasteiger charge is 2.31. The first-order chi connectivity index (χ1) is 14.0. The number of hydrogen-bond donors (Lipinski definition) is 1. The van der Waals surface area contributed by atoms with Crippen LogP contribution in [0.5, 0.6) is 5.75 Å². The molecule has 1 heterocycles. The lowest BCUT2D eigenvalue weighted by atomic mass is 9.70. The minimum atomic E-state index is -0.393. The van der Waals surface area contributed by atoms with Crippen LogP contribution >= 0.6 is 0 Å². The van der Waals surface area contributed by atoms with Crippen LogP contribution in [0.4, 0.5) is 0 Å². The van der Waals surface area contributed by atoms with E-state index in [0.717, 1.165) is 29.5 Å². The summed E-state index contributed by atoms with van der Waals surface area (Å²) < 4.78 is 10.1. The standard InChI is InChI=1S/C23H24N2O4/c1-23(12-4-3-5-13-23)18-14-17(10-11-19(18)26)20-24-21(29-25-20)15-6-8-16(9-7-15)22(27)28-2/h6-11,14,26H,3-5,12-13H2,1-2H3. The molecule has 0 saturated heterocycles. The molecule has 6 heteroatoms. The minimum Gasteiger partial charge on any atom is -0.508 e. The Hall–Kier alpha value is -3.15. The molecule has 150 valence electrons. The van der Waals surface area contributed by atoms with Gasteiger partial charge in [0, 0.05) is 16.7 Å². The fourth-order valence-electron chi connectivity index (χ4n) is 4.08. The lowest BCUT2D eigenvalue weighted by Gasteiger charge is -2.34. The number of phenolic OH excluding ortho intramolecular Hbond substituents is 1. The highest BCUT2D eigenvalue weighted by atomic mass is 16.5. The Bertz CT molecular complexity index is 1020. The topological polar surface area (TPSA) is 85.5 Å². The lowest BCUT2D eigenvalue weighted by molar-refractivity contribution is 0.0600. The van der Waals surface area contributed by atoms with E-state index in [1.165, 1.54) is 26.4 Å². The molecular formula is C23H24N2O4. The number of carbonyl (C=O) groups excluding carboxylic acids is 1. The third-order valence-corrected chi connectivity index (χ3v) is 5.84. The molecule has 0 spiro atoms. The summed E-state index contributed by atoms with van der Waals surface area (Å²) in [5, 5.41) is 14.6. The Morgan fingerprint density at radius 1 is 1.07 bits per heavy atom. The molecule has 1 N–H and O–H groups in total. The quantitative estimate of drug-likeness (QED) is 0.621. The van der Waals surface area contributed by atoms with Crippen molar-refractivity contribution >= 4 is 5.97 Å². The Balaban J connectivity index is 1.63. The second-order valence-corrected chi connectivity index (χ2v) is 7.85. The first kappa shape index (κ1) is 19.2. The Kier molecular flexibility index (Phi) is 5.09. The molecule has 1 aromatic heterocycles. The van der Waals surface area contributed by atoms with Crippen molar-refractivity contribution < 1.29 is 19.2 Å². The molecule has 6 nitrogen and oxygen atoms in total. The third kappa shape index (κ3) is 3.75. The number of aromatic nitrogens is 2. The van der Waals surface area contributed by atoms with Crippen LogP contribution in [0.2, 0.25) is 0 Å². The summed E-state index contributed by atoms with van der Waals surface area (Å²) in [6.45, 7) is 2.22. The van der Waals surface area contributed by atoms with Crippen LogP contribution in [-0.4, -0.2) is 28.3 Å². The normalized spacial score (nSPS) is 15.8. The second kappa shape index (κ2) is 7.70. The molecule has 1 aliphatic rings. The predicted octanol–water partition coefficient (Wildman–Crippen LogP) is 5.12. The number of esters is 1. The van der Waals surface area contributed by atoms with E-state index in [1.54, 1.807) is 36.4 Å². The van der Waals surface area contributed by atoms with Crippen LogP contribution in [-0.2, 0) is 10.2 Å². The average molecular weight is 392 g/mol. The van der Waals surface area contributed by atoms with Crippen LogP contribution in [0.3, 0.4) is 0 Å². The summed E-state index contributed by atoms with van der Waals surface area (Å²) >= 11 is 0. The van der Waals surface area contributed by atoms with Gasteiger partial charge in [0.25, 0.3) is 5.89 Å². The molecule has 1 aliphatic carbocycles. The van der Waals surface area contributed by atoms with E-state index in [9.17, 15) is 9.90 Å². The largest absolute Gasteiger partial charge is 0.508 e. The molecule has 1 saturated carbocycles. The van der Waals surface area contributed by atoms with Crippen molar-refractivity contribution in [1.29, 1.82) is 0 Å². The van der Waals surface area contributed by atoms with E-state index in [1.807, 2.05) is 6.07 Å². The smallest absolute Gasteiger partial charge is 0.337 e. The zero-order chi connectivity index (χ0) is 20.4. The van der Waals surface area contributed by atoms with Crippen LogP contribution in [0.25, 0.3) is 22.8 Å². The van der Waals surface area contributed by atoms with Gasteiger partial charge in [-0.05, 0) is 60.7 Å². The maximum atomic E-state index is 11.6.